The first kappa shape index (κ1) is 13.3. The molecule has 0 saturated heterocycles. The molecule has 2 N–H and O–H groups in total. The molecule has 0 heterocycles. The molecule has 0 amide bonds. The summed E-state index contributed by atoms with van der Waals surface area (Å²) in [7, 11) is 1.62. The Kier molecular flexibility index (Phi) is 5.23. The highest BCUT2D eigenvalue weighted by Crippen LogP contribution is 2.18. The van der Waals surface area contributed by atoms with Crippen LogP contribution in [-0.4, -0.2) is 30.8 Å². The van der Waals surface area contributed by atoms with E-state index in [0.29, 0.717) is 6.54 Å². The molecule has 1 rings (SSSR count). The van der Waals surface area contributed by atoms with Crippen molar-refractivity contribution in [3.8, 4) is 5.75 Å². The molecule has 0 spiro atoms. The Morgan fingerprint density at radius 2 is 2.24 bits per heavy atom. The molecule has 4 nitrogen and oxygen atoms in total. The lowest BCUT2D eigenvalue weighted by molar-refractivity contribution is -0.138. The lowest BCUT2D eigenvalue weighted by Crippen LogP contribution is -2.33. The van der Waals surface area contributed by atoms with Crippen LogP contribution >= 0.6 is 0 Å². The van der Waals surface area contributed by atoms with Gasteiger partial charge in [0.15, 0.2) is 0 Å². The second-order valence-electron chi connectivity index (χ2n) is 3.61. The van der Waals surface area contributed by atoms with E-state index in [9.17, 15) is 4.79 Å². The molecule has 4 heteroatoms. The molecule has 92 valence electrons. The largest absolute Gasteiger partial charge is 0.496 e. The first-order chi connectivity index (χ1) is 8.15. The van der Waals surface area contributed by atoms with Gasteiger partial charge in [0.2, 0.25) is 0 Å². The van der Waals surface area contributed by atoms with E-state index in [0.717, 1.165) is 11.3 Å². The minimum absolute atomic E-state index is 0.505. The van der Waals surface area contributed by atoms with Crippen molar-refractivity contribution in [3.63, 3.8) is 0 Å². The van der Waals surface area contributed by atoms with Crippen LogP contribution in [0.3, 0.4) is 0 Å². The molecule has 0 bridgehead atoms. The number of hydrogen-bond donors (Lipinski definition) is 2. The highest BCUT2D eigenvalue weighted by atomic mass is 16.5. The van der Waals surface area contributed by atoms with Crippen molar-refractivity contribution < 1.29 is 14.6 Å². The highest BCUT2D eigenvalue weighted by molar-refractivity contribution is 5.72. The van der Waals surface area contributed by atoms with Crippen LogP contribution in [0.1, 0.15) is 12.5 Å². The standard InChI is InChI=1S/C13H17NO3/c1-10(13(15)16)14-9-5-7-11-6-3-4-8-12(11)17-2/h3-8,10,14H,9H2,1-2H3,(H,15,16)/b7-5+. The van der Waals surface area contributed by atoms with Gasteiger partial charge in [-0.1, -0.05) is 30.4 Å². The van der Waals surface area contributed by atoms with Gasteiger partial charge < -0.3 is 15.2 Å². The van der Waals surface area contributed by atoms with Gasteiger partial charge in [0.1, 0.15) is 11.8 Å². The van der Waals surface area contributed by atoms with E-state index >= 15 is 0 Å². The molecule has 0 fully saturated rings. The SMILES string of the molecule is COc1ccccc1/C=C/CNC(C)C(=O)O. The van der Waals surface area contributed by atoms with Gasteiger partial charge in [-0.3, -0.25) is 4.79 Å². The van der Waals surface area contributed by atoms with Crippen molar-refractivity contribution in [2.24, 2.45) is 0 Å². The smallest absolute Gasteiger partial charge is 0.320 e. The zero-order valence-corrected chi connectivity index (χ0v) is 10.0. The normalized spacial score (nSPS) is 12.6. The van der Waals surface area contributed by atoms with Crippen LogP contribution in [0.25, 0.3) is 6.08 Å². The molecular formula is C13H17NO3. The van der Waals surface area contributed by atoms with E-state index in [1.807, 2.05) is 36.4 Å². The van der Waals surface area contributed by atoms with E-state index in [4.69, 9.17) is 9.84 Å². The van der Waals surface area contributed by atoms with Crippen LogP contribution < -0.4 is 10.1 Å². The van der Waals surface area contributed by atoms with Gasteiger partial charge in [-0.05, 0) is 13.0 Å². The minimum Gasteiger partial charge on any atom is -0.496 e. The topological polar surface area (TPSA) is 58.6 Å². The van der Waals surface area contributed by atoms with E-state index < -0.39 is 12.0 Å². The number of para-hydroxylation sites is 1. The molecule has 1 aromatic rings. The predicted octanol–water partition coefficient (Wildman–Crippen LogP) is 1.77. The number of rotatable bonds is 6. The van der Waals surface area contributed by atoms with E-state index in [1.165, 1.54) is 0 Å². The molecule has 0 saturated carbocycles. The Labute approximate surface area is 101 Å². The Morgan fingerprint density at radius 1 is 1.53 bits per heavy atom. The van der Waals surface area contributed by atoms with Gasteiger partial charge in [0.25, 0.3) is 0 Å². The fourth-order valence-corrected chi connectivity index (χ4v) is 1.32. The number of benzene rings is 1. The van der Waals surface area contributed by atoms with Gasteiger partial charge in [0.05, 0.1) is 7.11 Å². The molecule has 0 aliphatic carbocycles. The number of carboxylic acid groups (broad SMARTS) is 1. The third-order valence-electron chi connectivity index (χ3n) is 2.35. The van der Waals surface area contributed by atoms with Crippen molar-refractivity contribution in [2.45, 2.75) is 13.0 Å². The summed E-state index contributed by atoms with van der Waals surface area (Å²) in [6.07, 6.45) is 3.78. The monoisotopic (exact) mass is 235 g/mol. The number of carboxylic acids is 1. The molecule has 0 aliphatic rings. The van der Waals surface area contributed by atoms with Gasteiger partial charge >= 0.3 is 5.97 Å². The fraction of sp³-hybridized carbons (Fsp3) is 0.308. The molecule has 0 aliphatic heterocycles. The summed E-state index contributed by atoms with van der Waals surface area (Å²) < 4.78 is 5.20. The molecule has 1 atom stereocenters. The van der Waals surface area contributed by atoms with Crippen molar-refractivity contribution >= 4 is 12.0 Å². The predicted molar refractivity (Wildman–Crippen MR) is 67.1 cm³/mol. The summed E-state index contributed by atoms with van der Waals surface area (Å²) in [5, 5.41) is 11.5. The Bertz CT molecular complexity index is 401. The molecule has 17 heavy (non-hydrogen) atoms. The summed E-state index contributed by atoms with van der Waals surface area (Å²) >= 11 is 0. The number of nitrogens with one attached hydrogen (secondary N) is 1. The van der Waals surface area contributed by atoms with Gasteiger partial charge in [-0.15, -0.1) is 0 Å². The first-order valence-electron chi connectivity index (χ1n) is 5.41. The Hall–Kier alpha value is -1.81. The Balaban J connectivity index is 2.51. The number of ether oxygens (including phenoxy) is 1. The lowest BCUT2D eigenvalue weighted by atomic mass is 10.2. The average molecular weight is 235 g/mol. The van der Waals surface area contributed by atoms with Gasteiger partial charge in [-0.2, -0.15) is 0 Å². The van der Waals surface area contributed by atoms with Crippen molar-refractivity contribution in [1.82, 2.24) is 5.32 Å². The van der Waals surface area contributed by atoms with E-state index in [-0.39, 0.29) is 0 Å². The summed E-state index contributed by atoms with van der Waals surface area (Å²) in [5.41, 5.74) is 0.972. The molecular weight excluding hydrogens is 218 g/mol. The van der Waals surface area contributed by atoms with Crippen molar-refractivity contribution in [3.05, 3.63) is 35.9 Å². The lowest BCUT2D eigenvalue weighted by Gasteiger charge is -2.06. The quantitative estimate of drug-likeness (QED) is 0.789. The maximum atomic E-state index is 10.6. The van der Waals surface area contributed by atoms with Gasteiger partial charge in [0, 0.05) is 12.1 Å². The second-order valence-corrected chi connectivity index (χ2v) is 3.61. The summed E-state index contributed by atoms with van der Waals surface area (Å²) in [5.74, 6) is -0.0503. The van der Waals surface area contributed by atoms with E-state index in [1.54, 1.807) is 14.0 Å². The van der Waals surface area contributed by atoms with Crippen LogP contribution in [0.4, 0.5) is 0 Å². The molecule has 1 aromatic carbocycles. The molecule has 1 unspecified atom stereocenters. The third-order valence-corrected chi connectivity index (χ3v) is 2.35. The third kappa shape index (κ3) is 4.28. The first-order valence-corrected chi connectivity index (χ1v) is 5.41. The Morgan fingerprint density at radius 3 is 2.88 bits per heavy atom. The van der Waals surface area contributed by atoms with Crippen LogP contribution in [0, 0.1) is 0 Å². The van der Waals surface area contributed by atoms with Crippen LogP contribution in [0.2, 0.25) is 0 Å². The zero-order valence-electron chi connectivity index (χ0n) is 10.0. The number of methoxy groups -OCH3 is 1. The minimum atomic E-state index is -0.851. The average Bonchev–Trinajstić information content (AvgIpc) is 2.34. The van der Waals surface area contributed by atoms with Crippen LogP contribution in [-0.2, 0) is 4.79 Å². The van der Waals surface area contributed by atoms with Crippen molar-refractivity contribution in [1.29, 1.82) is 0 Å². The zero-order chi connectivity index (χ0) is 12.7. The summed E-state index contributed by atoms with van der Waals surface area (Å²) in [4.78, 5) is 10.6. The van der Waals surface area contributed by atoms with Crippen LogP contribution in [0.15, 0.2) is 30.3 Å². The highest BCUT2D eigenvalue weighted by Gasteiger charge is 2.07. The van der Waals surface area contributed by atoms with E-state index in [2.05, 4.69) is 5.32 Å². The summed E-state index contributed by atoms with van der Waals surface area (Å²) in [6.45, 7) is 2.12. The molecule has 0 radical (unpaired) electrons. The maximum absolute atomic E-state index is 10.6. The molecule has 0 aromatic heterocycles. The maximum Gasteiger partial charge on any atom is 0.320 e. The second kappa shape index (κ2) is 6.70. The van der Waals surface area contributed by atoms with Crippen molar-refractivity contribution in [2.75, 3.05) is 13.7 Å². The number of aliphatic carboxylic acids is 1. The summed E-state index contributed by atoms with van der Waals surface area (Å²) in [6, 6.07) is 7.11. The fourth-order valence-electron chi connectivity index (χ4n) is 1.32. The number of carbonyl (C=O) groups is 1. The number of hydrogen-bond acceptors (Lipinski definition) is 3. The van der Waals surface area contributed by atoms with Crippen LogP contribution in [0.5, 0.6) is 5.75 Å². The van der Waals surface area contributed by atoms with Gasteiger partial charge in [-0.25, -0.2) is 0 Å².